The van der Waals surface area contributed by atoms with E-state index in [1.807, 2.05) is 0 Å². The van der Waals surface area contributed by atoms with Gasteiger partial charge in [-0.05, 0) is 25.9 Å². The van der Waals surface area contributed by atoms with Crippen LogP contribution in [0.4, 0.5) is 5.82 Å². The summed E-state index contributed by atoms with van der Waals surface area (Å²) in [6.07, 6.45) is 5.29. The van der Waals surface area contributed by atoms with Crippen LogP contribution in [0.15, 0.2) is 12.4 Å². The predicted molar refractivity (Wildman–Crippen MR) is 63.2 cm³/mol. The van der Waals surface area contributed by atoms with Crippen LogP contribution in [0.5, 0.6) is 0 Å². The Bertz CT molecular complexity index is 374. The quantitative estimate of drug-likeness (QED) is 0.783. The number of carbonyl (C=O) groups is 1. The summed E-state index contributed by atoms with van der Waals surface area (Å²) in [5.41, 5.74) is -0.0323. The highest BCUT2D eigenvalue weighted by Gasteiger charge is 2.10. The molecule has 1 aromatic rings. The van der Waals surface area contributed by atoms with Crippen molar-refractivity contribution in [1.82, 2.24) is 14.9 Å². The summed E-state index contributed by atoms with van der Waals surface area (Å²) < 4.78 is 0. The topological polar surface area (TPSA) is 78.3 Å². The lowest BCUT2D eigenvalue weighted by Gasteiger charge is -2.14. The molecule has 1 aromatic heterocycles. The minimum atomic E-state index is -1.05. The Kier molecular flexibility index (Phi) is 3.87. The third-order valence-corrected chi connectivity index (χ3v) is 2.80. The SMILES string of the molecule is O=C(O)c1cnc(NCCN2CCCC2)cn1. The zero-order chi connectivity index (χ0) is 12.1. The van der Waals surface area contributed by atoms with Crippen molar-refractivity contribution in [2.45, 2.75) is 12.8 Å². The molecule has 1 aliphatic rings. The second-order valence-electron chi connectivity index (χ2n) is 4.07. The van der Waals surface area contributed by atoms with Gasteiger partial charge >= 0.3 is 5.97 Å². The smallest absolute Gasteiger partial charge is 0.356 e. The Labute approximate surface area is 99.7 Å². The van der Waals surface area contributed by atoms with Gasteiger partial charge in [0.05, 0.1) is 12.4 Å². The third kappa shape index (κ3) is 3.39. The third-order valence-electron chi connectivity index (χ3n) is 2.80. The number of carboxylic acid groups (broad SMARTS) is 1. The van der Waals surface area contributed by atoms with Crippen molar-refractivity contribution in [2.24, 2.45) is 0 Å². The number of hydrogen-bond donors (Lipinski definition) is 2. The number of carboxylic acids is 1. The van der Waals surface area contributed by atoms with Crippen LogP contribution in [-0.4, -0.2) is 52.1 Å². The summed E-state index contributed by atoms with van der Waals surface area (Å²) in [5.74, 6) is -0.435. The molecule has 0 amide bonds. The van der Waals surface area contributed by atoms with Gasteiger partial charge in [-0.3, -0.25) is 0 Å². The van der Waals surface area contributed by atoms with Crippen LogP contribution in [0.3, 0.4) is 0 Å². The van der Waals surface area contributed by atoms with Gasteiger partial charge in [-0.15, -0.1) is 0 Å². The molecule has 0 bridgehead atoms. The second kappa shape index (κ2) is 5.58. The van der Waals surface area contributed by atoms with Gasteiger partial charge in [0.15, 0.2) is 5.69 Å². The van der Waals surface area contributed by atoms with Crippen molar-refractivity contribution in [3.63, 3.8) is 0 Å². The predicted octanol–water partition coefficient (Wildman–Crippen LogP) is 0.682. The second-order valence-corrected chi connectivity index (χ2v) is 4.07. The summed E-state index contributed by atoms with van der Waals surface area (Å²) in [7, 11) is 0. The van der Waals surface area contributed by atoms with Crippen LogP contribution in [0.2, 0.25) is 0 Å². The molecule has 2 heterocycles. The molecule has 17 heavy (non-hydrogen) atoms. The van der Waals surface area contributed by atoms with Crippen LogP contribution in [0.1, 0.15) is 23.3 Å². The molecular formula is C11H16N4O2. The molecule has 0 radical (unpaired) electrons. The Morgan fingerprint density at radius 2 is 2.12 bits per heavy atom. The Morgan fingerprint density at radius 1 is 1.35 bits per heavy atom. The van der Waals surface area contributed by atoms with Crippen LogP contribution >= 0.6 is 0 Å². The van der Waals surface area contributed by atoms with E-state index < -0.39 is 5.97 Å². The lowest BCUT2D eigenvalue weighted by molar-refractivity contribution is 0.0690. The highest BCUT2D eigenvalue weighted by Crippen LogP contribution is 2.06. The maximum absolute atomic E-state index is 10.6. The first-order chi connectivity index (χ1) is 8.25. The lowest BCUT2D eigenvalue weighted by atomic mass is 10.4. The zero-order valence-electron chi connectivity index (χ0n) is 9.59. The average Bonchev–Trinajstić information content (AvgIpc) is 2.83. The van der Waals surface area contributed by atoms with Crippen LogP contribution in [-0.2, 0) is 0 Å². The highest BCUT2D eigenvalue weighted by molar-refractivity contribution is 5.84. The molecule has 6 heteroatoms. The number of aromatic nitrogens is 2. The summed E-state index contributed by atoms with van der Waals surface area (Å²) in [6, 6.07) is 0. The number of rotatable bonds is 5. The number of nitrogens with zero attached hydrogens (tertiary/aromatic N) is 3. The standard InChI is InChI=1S/C11H16N4O2/c16-11(17)9-7-14-10(8-13-9)12-3-6-15-4-1-2-5-15/h7-8H,1-6H2,(H,12,14)(H,16,17). The molecule has 0 aromatic carbocycles. The van der Waals surface area contributed by atoms with E-state index in [9.17, 15) is 4.79 Å². The Balaban J connectivity index is 1.76. The highest BCUT2D eigenvalue weighted by atomic mass is 16.4. The van der Waals surface area contributed by atoms with Gasteiger partial charge in [-0.25, -0.2) is 14.8 Å². The molecular weight excluding hydrogens is 220 g/mol. The molecule has 92 valence electrons. The van der Waals surface area contributed by atoms with Crippen LogP contribution < -0.4 is 5.32 Å². The van der Waals surface area contributed by atoms with Crippen LogP contribution in [0.25, 0.3) is 0 Å². The number of aromatic carboxylic acids is 1. The summed E-state index contributed by atoms with van der Waals surface area (Å²) in [4.78, 5) is 20.7. The Hall–Kier alpha value is -1.69. The van der Waals surface area contributed by atoms with E-state index in [-0.39, 0.29) is 5.69 Å². The van der Waals surface area contributed by atoms with Crippen molar-refractivity contribution in [3.05, 3.63) is 18.1 Å². The van der Waals surface area contributed by atoms with E-state index >= 15 is 0 Å². The first-order valence-electron chi connectivity index (χ1n) is 5.77. The van der Waals surface area contributed by atoms with Gasteiger partial charge in [-0.2, -0.15) is 0 Å². The van der Waals surface area contributed by atoms with Crippen molar-refractivity contribution in [2.75, 3.05) is 31.5 Å². The number of likely N-dealkylation sites (tertiary alicyclic amines) is 1. The Morgan fingerprint density at radius 3 is 2.71 bits per heavy atom. The number of anilines is 1. The minimum Gasteiger partial charge on any atom is -0.476 e. The van der Waals surface area contributed by atoms with E-state index in [0.717, 1.165) is 13.1 Å². The largest absolute Gasteiger partial charge is 0.476 e. The van der Waals surface area contributed by atoms with Crippen molar-refractivity contribution in [1.29, 1.82) is 0 Å². The number of nitrogens with one attached hydrogen (secondary N) is 1. The average molecular weight is 236 g/mol. The zero-order valence-corrected chi connectivity index (χ0v) is 9.59. The van der Waals surface area contributed by atoms with Crippen molar-refractivity contribution in [3.8, 4) is 0 Å². The monoisotopic (exact) mass is 236 g/mol. The van der Waals surface area contributed by atoms with Crippen molar-refractivity contribution >= 4 is 11.8 Å². The summed E-state index contributed by atoms with van der Waals surface area (Å²) >= 11 is 0. The van der Waals surface area contributed by atoms with E-state index in [0.29, 0.717) is 5.82 Å². The molecule has 1 fully saturated rings. The van der Waals surface area contributed by atoms with Gasteiger partial charge in [-0.1, -0.05) is 0 Å². The summed E-state index contributed by atoms with van der Waals surface area (Å²) in [6.45, 7) is 4.14. The molecule has 1 aliphatic heterocycles. The van der Waals surface area contributed by atoms with Gasteiger partial charge in [0.1, 0.15) is 5.82 Å². The van der Waals surface area contributed by atoms with Gasteiger partial charge < -0.3 is 15.3 Å². The molecule has 6 nitrogen and oxygen atoms in total. The van der Waals surface area contributed by atoms with E-state index in [1.54, 1.807) is 0 Å². The first-order valence-corrected chi connectivity index (χ1v) is 5.77. The lowest BCUT2D eigenvalue weighted by Crippen LogP contribution is -2.26. The normalized spacial score (nSPS) is 16.0. The molecule has 0 atom stereocenters. The molecule has 2 rings (SSSR count). The van der Waals surface area contributed by atoms with Gasteiger partial charge in [0, 0.05) is 13.1 Å². The fourth-order valence-electron chi connectivity index (χ4n) is 1.88. The minimum absolute atomic E-state index is 0.0323. The fraction of sp³-hybridized carbons (Fsp3) is 0.545. The summed E-state index contributed by atoms with van der Waals surface area (Å²) in [5, 5.41) is 11.8. The molecule has 0 saturated carbocycles. The van der Waals surface area contributed by atoms with Crippen molar-refractivity contribution < 1.29 is 9.90 Å². The fourth-order valence-corrected chi connectivity index (χ4v) is 1.88. The molecule has 2 N–H and O–H groups in total. The number of hydrogen-bond acceptors (Lipinski definition) is 5. The molecule has 1 saturated heterocycles. The van der Waals surface area contributed by atoms with Gasteiger partial charge in [0.25, 0.3) is 0 Å². The van der Waals surface area contributed by atoms with E-state index in [2.05, 4.69) is 20.2 Å². The molecule has 0 aliphatic carbocycles. The molecule has 0 spiro atoms. The molecule has 0 unspecified atom stereocenters. The maximum Gasteiger partial charge on any atom is 0.356 e. The van der Waals surface area contributed by atoms with Crippen LogP contribution in [0, 0.1) is 0 Å². The maximum atomic E-state index is 10.6. The van der Waals surface area contributed by atoms with E-state index in [4.69, 9.17) is 5.11 Å². The van der Waals surface area contributed by atoms with Gasteiger partial charge in [0.2, 0.25) is 0 Å². The van der Waals surface area contributed by atoms with E-state index in [1.165, 1.54) is 38.3 Å². The first kappa shape index (κ1) is 11.8.